The number of esters is 1. The molecule has 0 bridgehead atoms. The molecular formula is C16H33NO2. The van der Waals surface area contributed by atoms with Crippen molar-refractivity contribution in [3.8, 4) is 0 Å². The van der Waals surface area contributed by atoms with E-state index >= 15 is 0 Å². The number of nitrogens with one attached hydrogen (secondary N) is 1. The fourth-order valence-corrected chi connectivity index (χ4v) is 2.39. The van der Waals surface area contributed by atoms with Crippen molar-refractivity contribution >= 4 is 5.97 Å². The highest BCUT2D eigenvalue weighted by Crippen LogP contribution is 2.15. The predicted octanol–water partition coefficient (Wildman–Crippen LogP) is 4.06. The van der Waals surface area contributed by atoms with E-state index < -0.39 is 5.54 Å². The van der Waals surface area contributed by atoms with Gasteiger partial charge in [-0.15, -0.1) is 0 Å². The van der Waals surface area contributed by atoms with E-state index in [1.165, 1.54) is 45.6 Å². The van der Waals surface area contributed by atoms with Gasteiger partial charge >= 0.3 is 5.97 Å². The first kappa shape index (κ1) is 18.4. The van der Waals surface area contributed by atoms with Gasteiger partial charge in [0, 0.05) is 6.04 Å². The summed E-state index contributed by atoms with van der Waals surface area (Å²) in [7, 11) is 1.45. The molecule has 0 radical (unpaired) electrons. The Morgan fingerprint density at radius 1 is 1.05 bits per heavy atom. The molecule has 0 aromatic rings. The first-order valence-corrected chi connectivity index (χ1v) is 7.84. The van der Waals surface area contributed by atoms with E-state index in [1.807, 2.05) is 13.8 Å². The van der Waals surface area contributed by atoms with Crippen LogP contribution in [0.1, 0.15) is 79.1 Å². The lowest BCUT2D eigenvalue weighted by Crippen LogP contribution is -2.52. The highest BCUT2D eigenvalue weighted by atomic mass is 16.5. The number of carbonyl (C=O) groups excluding carboxylic acids is 1. The molecule has 0 unspecified atom stereocenters. The third-order valence-corrected chi connectivity index (χ3v) is 3.57. The minimum Gasteiger partial charge on any atom is -0.468 e. The molecular weight excluding hydrogens is 238 g/mol. The van der Waals surface area contributed by atoms with E-state index in [1.54, 1.807) is 0 Å². The van der Waals surface area contributed by atoms with Crippen LogP contribution < -0.4 is 5.32 Å². The van der Waals surface area contributed by atoms with Crippen molar-refractivity contribution in [3.63, 3.8) is 0 Å². The number of unbranched alkanes of at least 4 members (excludes halogenated alkanes) is 4. The van der Waals surface area contributed by atoms with Crippen LogP contribution in [0.4, 0.5) is 0 Å². The molecule has 0 heterocycles. The molecule has 0 spiro atoms. The molecule has 0 saturated heterocycles. The smallest absolute Gasteiger partial charge is 0.325 e. The maximum Gasteiger partial charge on any atom is 0.325 e. The monoisotopic (exact) mass is 271 g/mol. The molecule has 19 heavy (non-hydrogen) atoms. The molecule has 0 amide bonds. The second-order valence-electron chi connectivity index (χ2n) is 5.95. The molecule has 3 heteroatoms. The molecule has 0 saturated carbocycles. The average molecular weight is 271 g/mol. The van der Waals surface area contributed by atoms with Gasteiger partial charge < -0.3 is 4.74 Å². The molecule has 114 valence electrons. The van der Waals surface area contributed by atoms with Gasteiger partial charge in [0.05, 0.1) is 7.11 Å². The summed E-state index contributed by atoms with van der Waals surface area (Å²) in [6.45, 7) is 8.26. The van der Waals surface area contributed by atoms with Gasteiger partial charge in [-0.2, -0.15) is 0 Å². The largest absolute Gasteiger partial charge is 0.468 e. The molecule has 0 aliphatic heterocycles. The molecule has 0 atom stereocenters. The standard InChI is InChI=1S/C16H33NO2/c1-6-8-10-12-14(13-11-9-7-2)17-16(3,4)15(18)19-5/h14,17H,6-13H2,1-5H3. The van der Waals surface area contributed by atoms with Crippen molar-refractivity contribution in [2.75, 3.05) is 7.11 Å². The van der Waals surface area contributed by atoms with Crippen molar-refractivity contribution in [1.29, 1.82) is 0 Å². The van der Waals surface area contributed by atoms with Crippen LogP contribution in [0, 0.1) is 0 Å². The van der Waals surface area contributed by atoms with Crippen LogP contribution in [0.15, 0.2) is 0 Å². The molecule has 3 nitrogen and oxygen atoms in total. The Balaban J connectivity index is 4.33. The number of ether oxygens (including phenoxy) is 1. The lowest BCUT2D eigenvalue weighted by atomic mass is 9.97. The summed E-state index contributed by atoms with van der Waals surface area (Å²) in [6, 6.07) is 0.423. The molecule has 0 aliphatic rings. The second-order valence-corrected chi connectivity index (χ2v) is 5.95. The van der Waals surface area contributed by atoms with E-state index in [0.29, 0.717) is 6.04 Å². The number of carbonyl (C=O) groups is 1. The van der Waals surface area contributed by atoms with Crippen LogP contribution in [0.5, 0.6) is 0 Å². The van der Waals surface area contributed by atoms with Crippen LogP contribution in [0.2, 0.25) is 0 Å². The quantitative estimate of drug-likeness (QED) is 0.455. The zero-order valence-corrected chi connectivity index (χ0v) is 13.6. The Morgan fingerprint density at radius 2 is 1.53 bits per heavy atom. The summed E-state index contributed by atoms with van der Waals surface area (Å²) in [5, 5.41) is 3.49. The summed E-state index contributed by atoms with van der Waals surface area (Å²) in [4.78, 5) is 11.7. The van der Waals surface area contributed by atoms with Crippen molar-refractivity contribution in [3.05, 3.63) is 0 Å². The van der Waals surface area contributed by atoms with Crippen LogP contribution in [0.25, 0.3) is 0 Å². The number of hydrogen-bond acceptors (Lipinski definition) is 3. The Morgan fingerprint density at radius 3 is 1.89 bits per heavy atom. The minimum atomic E-state index is -0.585. The molecule has 1 N–H and O–H groups in total. The van der Waals surface area contributed by atoms with Crippen molar-refractivity contribution in [2.45, 2.75) is 90.6 Å². The zero-order valence-electron chi connectivity index (χ0n) is 13.6. The maximum absolute atomic E-state index is 11.7. The van der Waals surface area contributed by atoms with Crippen LogP contribution >= 0.6 is 0 Å². The van der Waals surface area contributed by atoms with Gasteiger partial charge in [0.15, 0.2) is 0 Å². The minimum absolute atomic E-state index is 0.177. The van der Waals surface area contributed by atoms with E-state index in [2.05, 4.69) is 19.2 Å². The summed E-state index contributed by atoms with van der Waals surface area (Å²) in [5.41, 5.74) is -0.585. The number of rotatable bonds is 11. The highest BCUT2D eigenvalue weighted by molar-refractivity contribution is 5.79. The predicted molar refractivity (Wildman–Crippen MR) is 81.3 cm³/mol. The molecule has 0 rings (SSSR count). The lowest BCUT2D eigenvalue weighted by molar-refractivity contribution is -0.147. The van der Waals surface area contributed by atoms with Crippen molar-refractivity contribution in [2.24, 2.45) is 0 Å². The summed E-state index contributed by atoms with van der Waals surface area (Å²) in [5.74, 6) is -0.177. The first-order valence-electron chi connectivity index (χ1n) is 7.84. The Labute approximate surface area is 119 Å². The SMILES string of the molecule is CCCCCC(CCCCC)NC(C)(C)C(=O)OC. The summed E-state index contributed by atoms with van der Waals surface area (Å²) < 4.78 is 4.87. The van der Waals surface area contributed by atoms with Gasteiger partial charge in [0.1, 0.15) is 5.54 Å². The molecule has 0 aliphatic carbocycles. The van der Waals surface area contributed by atoms with E-state index in [0.717, 1.165) is 12.8 Å². The van der Waals surface area contributed by atoms with Crippen molar-refractivity contribution in [1.82, 2.24) is 5.32 Å². The van der Waals surface area contributed by atoms with Gasteiger partial charge in [-0.05, 0) is 26.7 Å². The van der Waals surface area contributed by atoms with Crippen LogP contribution in [-0.4, -0.2) is 24.7 Å². The van der Waals surface area contributed by atoms with Crippen LogP contribution in [-0.2, 0) is 9.53 Å². The molecule has 0 aromatic heterocycles. The van der Waals surface area contributed by atoms with Gasteiger partial charge in [-0.1, -0.05) is 52.4 Å². The van der Waals surface area contributed by atoms with Gasteiger partial charge in [0.25, 0.3) is 0 Å². The number of hydrogen-bond donors (Lipinski definition) is 1. The third kappa shape index (κ3) is 8.25. The van der Waals surface area contributed by atoms with Gasteiger partial charge in [-0.25, -0.2) is 0 Å². The maximum atomic E-state index is 11.7. The molecule has 0 aromatic carbocycles. The Hall–Kier alpha value is -0.570. The topological polar surface area (TPSA) is 38.3 Å². The summed E-state index contributed by atoms with van der Waals surface area (Å²) in [6.07, 6.45) is 9.78. The lowest BCUT2D eigenvalue weighted by Gasteiger charge is -2.30. The van der Waals surface area contributed by atoms with Crippen LogP contribution in [0.3, 0.4) is 0 Å². The van der Waals surface area contributed by atoms with E-state index in [9.17, 15) is 4.79 Å². The normalized spacial score (nSPS) is 11.9. The van der Waals surface area contributed by atoms with Gasteiger partial charge in [0.2, 0.25) is 0 Å². The number of methoxy groups -OCH3 is 1. The zero-order chi connectivity index (χ0) is 14.7. The molecule has 0 fully saturated rings. The highest BCUT2D eigenvalue weighted by Gasteiger charge is 2.30. The Kier molecular flexibility index (Phi) is 9.94. The third-order valence-electron chi connectivity index (χ3n) is 3.57. The van der Waals surface area contributed by atoms with E-state index in [4.69, 9.17) is 4.74 Å². The summed E-state index contributed by atoms with van der Waals surface area (Å²) >= 11 is 0. The van der Waals surface area contributed by atoms with Gasteiger partial charge in [-0.3, -0.25) is 10.1 Å². The fourth-order valence-electron chi connectivity index (χ4n) is 2.39. The average Bonchev–Trinajstić information content (AvgIpc) is 2.37. The van der Waals surface area contributed by atoms with E-state index in [-0.39, 0.29) is 5.97 Å². The second kappa shape index (κ2) is 10.2. The first-order chi connectivity index (χ1) is 8.97. The van der Waals surface area contributed by atoms with Crippen molar-refractivity contribution < 1.29 is 9.53 Å². The Bertz CT molecular complexity index is 229. The fraction of sp³-hybridized carbons (Fsp3) is 0.938.